The number of rotatable bonds is 0. The molecule has 0 aromatic rings. The molecule has 0 saturated heterocycles. The summed E-state index contributed by atoms with van der Waals surface area (Å²) in [4.78, 5) is 21.6. The van der Waals surface area contributed by atoms with Gasteiger partial charge in [-0.25, -0.2) is 4.57 Å². The molecule has 0 aromatic heterocycles. The van der Waals surface area contributed by atoms with Gasteiger partial charge in [-0.3, -0.25) is 0 Å². The van der Waals surface area contributed by atoms with E-state index in [9.17, 15) is 0 Å². The fourth-order valence-electron chi connectivity index (χ4n) is 0. The van der Waals surface area contributed by atoms with Crippen LogP contribution in [0.5, 0.6) is 0 Å². The van der Waals surface area contributed by atoms with Gasteiger partial charge in [-0.2, -0.15) is 0 Å². The third kappa shape index (κ3) is 490. The summed E-state index contributed by atoms with van der Waals surface area (Å²) in [6.45, 7) is 0. The summed E-state index contributed by atoms with van der Waals surface area (Å²) in [5.74, 6) is 0. The minimum absolute atomic E-state index is 0. The molecule has 0 bridgehead atoms. The third-order valence-corrected chi connectivity index (χ3v) is 0. The second-order valence-corrected chi connectivity index (χ2v) is 5.23. The van der Waals surface area contributed by atoms with E-state index in [-0.39, 0.29) is 103 Å². The van der Waals surface area contributed by atoms with E-state index in [2.05, 4.69) is 0 Å². The van der Waals surface area contributed by atoms with Gasteiger partial charge in [-0.15, -0.1) is 0 Å². The first-order chi connectivity index (χ1) is 6.00. The van der Waals surface area contributed by atoms with Crippen LogP contribution in [-0.2, 0) is 47.0 Å². The summed E-state index contributed by atoms with van der Waals surface area (Å²) in [5.41, 5.74) is 0. The second-order valence-electron chi connectivity index (χ2n) is 1.41. The molecule has 0 unspecified atom stereocenters. The van der Waals surface area contributed by atoms with Gasteiger partial charge in [0.25, 0.3) is 0 Å². The molecular formula is H9Cr2K2O12P. The third-order valence-electron chi connectivity index (χ3n) is 0. The molecule has 0 rings (SSSR count). The Kier molecular flexibility index (Phi) is 27.5. The van der Waals surface area contributed by atoms with Crippen molar-refractivity contribution in [1.29, 1.82) is 0 Å². The van der Waals surface area contributed by atoms with E-state index in [1.54, 1.807) is 0 Å². The maximum atomic E-state index is 8.88. The molecule has 7 N–H and O–H groups in total. The van der Waals surface area contributed by atoms with Gasteiger partial charge < -0.3 is 14.7 Å². The van der Waals surface area contributed by atoms with Crippen LogP contribution in [-0.4, -0.2) is 134 Å². The molecule has 0 saturated carbocycles. The van der Waals surface area contributed by atoms with Crippen LogP contribution in [0.2, 0.25) is 0 Å². The van der Waals surface area contributed by atoms with Crippen molar-refractivity contribution in [1.82, 2.24) is 0 Å². The molecule has 0 aliphatic carbocycles. The van der Waals surface area contributed by atoms with Crippen LogP contribution in [0.4, 0.5) is 0 Å². The van der Waals surface area contributed by atoms with Crippen LogP contribution < -0.4 is 0 Å². The molecule has 0 spiro atoms. The first kappa shape index (κ1) is 32.4. The predicted octanol–water partition coefficient (Wildman–Crippen LogP) is -4.93. The molecule has 0 atom stereocenters. The van der Waals surface area contributed by atoms with Gasteiger partial charge in [-0.05, 0) is 0 Å². The summed E-state index contributed by atoms with van der Waals surface area (Å²) in [6.07, 6.45) is 0. The molecule has 0 aliphatic rings. The van der Waals surface area contributed by atoms with E-state index >= 15 is 0 Å². The average molecular weight is 414 g/mol. The van der Waals surface area contributed by atoms with Gasteiger partial charge in [0.05, 0.1) is 0 Å². The second kappa shape index (κ2) is 14.4. The van der Waals surface area contributed by atoms with Gasteiger partial charge in [0, 0.05) is 0 Å². The van der Waals surface area contributed by atoms with Crippen molar-refractivity contribution in [2.24, 2.45) is 0 Å². The summed E-state index contributed by atoms with van der Waals surface area (Å²) >= 11 is -10.5. The Hall–Kier alpha value is 3.49. The molecule has 12 nitrogen and oxygen atoms in total. The van der Waals surface area contributed by atoms with Crippen molar-refractivity contribution in [2.45, 2.75) is 0 Å². The number of phosphoric acid groups is 1. The van der Waals surface area contributed by atoms with E-state index in [0.29, 0.717) is 0 Å². The van der Waals surface area contributed by atoms with Crippen LogP contribution in [0.3, 0.4) is 0 Å². The van der Waals surface area contributed by atoms with E-state index < -0.39 is 35.1 Å². The van der Waals surface area contributed by atoms with Crippen LogP contribution >= 0.6 is 7.82 Å². The van der Waals surface area contributed by atoms with Crippen molar-refractivity contribution < 1.29 is 78.3 Å². The molecule has 0 aliphatic heterocycles. The fraction of sp³-hybridized carbons (Fsp3) is 0. The monoisotopic (exact) mass is 414 g/mol. The molecule has 0 heterocycles. The van der Waals surface area contributed by atoms with Gasteiger partial charge in [0.2, 0.25) is 0 Å². The first-order valence-corrected chi connectivity index (χ1v) is 8.11. The minimum atomic E-state index is -5.25. The number of hydrogen-bond donors (Lipinski definition) is 7. The van der Waals surface area contributed by atoms with Gasteiger partial charge in [0.1, 0.15) is 0 Å². The van der Waals surface area contributed by atoms with Crippen LogP contribution in [0.1, 0.15) is 0 Å². The van der Waals surface area contributed by atoms with Gasteiger partial charge in [0.15, 0.2) is 0 Å². The predicted molar refractivity (Wildman–Crippen MR) is 40.2 cm³/mol. The topological polar surface area (TPSA) is 227 Å². The first-order valence-electron chi connectivity index (χ1n) is 2.18. The summed E-state index contributed by atoms with van der Waals surface area (Å²) < 4.78 is 72.6. The van der Waals surface area contributed by atoms with Crippen molar-refractivity contribution >= 4 is 111 Å². The van der Waals surface area contributed by atoms with Crippen LogP contribution in [0.15, 0.2) is 0 Å². The molecule has 0 fully saturated rings. The fourth-order valence-corrected chi connectivity index (χ4v) is 0. The Labute approximate surface area is 184 Å². The summed E-state index contributed by atoms with van der Waals surface area (Å²) in [6, 6.07) is 0. The molecule has 0 amide bonds. The Balaban J connectivity index is -0.0000000400. The van der Waals surface area contributed by atoms with Crippen molar-refractivity contribution in [3.8, 4) is 0 Å². The van der Waals surface area contributed by atoms with Gasteiger partial charge >= 0.3 is 170 Å². The van der Waals surface area contributed by atoms with Crippen LogP contribution in [0.25, 0.3) is 0 Å². The standard InChI is InChI=1S/2Cr.2K.H3O4P.4H2O.4O.2H/c;;;;1-5(2,3)4;;;;;;;;;;/h;;;;(H3,1,2,3,4);4*1H2;;;;;;/q2*+2;;;;;;;;;;;;;/p-4. The summed E-state index contributed by atoms with van der Waals surface area (Å²) in [5, 5.41) is 0. The molecule has 17 heteroatoms. The molecule has 17 heavy (non-hydrogen) atoms. The van der Waals surface area contributed by atoms with Crippen molar-refractivity contribution in [3.63, 3.8) is 0 Å². The molecule has 0 aromatic carbocycles. The van der Waals surface area contributed by atoms with E-state index in [4.69, 9.17) is 51.1 Å². The molecular weight excluding hydrogens is 405 g/mol. The summed E-state index contributed by atoms with van der Waals surface area (Å²) in [7, 11) is -4.64. The normalized spacial score (nSPS) is 10.3. The van der Waals surface area contributed by atoms with Gasteiger partial charge in [-0.1, -0.05) is 0 Å². The quantitative estimate of drug-likeness (QED) is 0.146. The SMILES string of the molecule is O=P(O)(O)O.[KH].[KH].[O]=[Cr](=[O])([OH])[OH].[O]=[Cr](=[O])([OH])[OH]. The Morgan fingerprint density at radius 2 is 0.647 bits per heavy atom. The zero-order valence-corrected chi connectivity index (χ0v) is 9.88. The van der Waals surface area contributed by atoms with E-state index in [0.717, 1.165) is 0 Å². The zero-order valence-electron chi connectivity index (χ0n) is 6.44. The van der Waals surface area contributed by atoms with E-state index in [1.807, 2.05) is 0 Å². The molecule has 0 radical (unpaired) electrons. The van der Waals surface area contributed by atoms with Crippen molar-refractivity contribution in [2.75, 3.05) is 0 Å². The van der Waals surface area contributed by atoms with Crippen LogP contribution in [0, 0.1) is 0 Å². The number of hydrogen-bond acceptors (Lipinski definition) is 5. The zero-order chi connectivity index (χ0) is 13.5. The molecule has 100 valence electrons. The Morgan fingerprint density at radius 3 is 0.647 bits per heavy atom. The maximum absolute atomic E-state index is 8.88. The Morgan fingerprint density at radius 1 is 0.647 bits per heavy atom. The van der Waals surface area contributed by atoms with Crippen molar-refractivity contribution in [3.05, 3.63) is 0 Å². The average Bonchev–Trinajstić information content (AvgIpc) is 1.41. The Bertz CT molecular complexity index is 330. The van der Waals surface area contributed by atoms with E-state index in [1.165, 1.54) is 0 Å².